The molecule has 7 heteroatoms. The van der Waals surface area contributed by atoms with Crippen molar-refractivity contribution in [1.82, 2.24) is 24.9 Å². The highest BCUT2D eigenvalue weighted by atomic mass is 16.3. The Hall–Kier alpha value is -2.15. The average molecular weight is 357 g/mol. The van der Waals surface area contributed by atoms with Crippen LogP contribution in [0.25, 0.3) is 0 Å². The first kappa shape index (κ1) is 17.3. The Kier molecular flexibility index (Phi) is 4.80. The molecule has 1 saturated carbocycles. The Morgan fingerprint density at radius 1 is 1.35 bits per heavy atom. The maximum Gasteiger partial charge on any atom is 0.257 e. The molecule has 1 fully saturated rings. The predicted molar refractivity (Wildman–Crippen MR) is 96.7 cm³/mol. The number of aliphatic hydroxyl groups excluding tert-OH is 1. The summed E-state index contributed by atoms with van der Waals surface area (Å²) < 4.78 is 1.95. The lowest BCUT2D eigenvalue weighted by Crippen LogP contribution is -2.37. The quantitative estimate of drug-likeness (QED) is 0.879. The van der Waals surface area contributed by atoms with E-state index in [0.717, 1.165) is 42.8 Å². The highest BCUT2D eigenvalue weighted by molar-refractivity contribution is 5.95. The Balaban J connectivity index is 1.57. The Labute approximate surface area is 153 Å². The fourth-order valence-electron chi connectivity index (χ4n) is 4.46. The number of fused-ring (bicyclic) bond motifs is 1. The van der Waals surface area contributed by atoms with Crippen molar-refractivity contribution in [3.05, 3.63) is 34.4 Å². The molecule has 0 unspecified atom stereocenters. The van der Waals surface area contributed by atoms with E-state index in [9.17, 15) is 9.90 Å². The van der Waals surface area contributed by atoms with E-state index in [4.69, 9.17) is 0 Å². The van der Waals surface area contributed by atoms with E-state index in [2.05, 4.69) is 15.3 Å². The number of aryl methyl sites for hydroxylation is 1. The number of aromatic nitrogens is 4. The van der Waals surface area contributed by atoms with Gasteiger partial charge in [0.15, 0.2) is 0 Å². The van der Waals surface area contributed by atoms with E-state index in [-0.39, 0.29) is 12.5 Å². The van der Waals surface area contributed by atoms with Crippen LogP contribution in [0.2, 0.25) is 0 Å². The average Bonchev–Trinajstić information content (AvgIpc) is 3.32. The lowest BCUT2D eigenvalue weighted by molar-refractivity contribution is 0.0730. The number of aliphatic hydroxyl groups is 1. The van der Waals surface area contributed by atoms with E-state index in [1.54, 1.807) is 6.20 Å². The van der Waals surface area contributed by atoms with Crippen LogP contribution in [-0.2, 0) is 26.1 Å². The second-order valence-corrected chi connectivity index (χ2v) is 7.35. The Morgan fingerprint density at radius 2 is 2.15 bits per heavy atom. The summed E-state index contributed by atoms with van der Waals surface area (Å²) in [5.41, 5.74) is 4.58. The number of hydrogen-bond acceptors (Lipinski definition) is 4. The first-order chi connectivity index (χ1) is 12.7. The largest absolute Gasteiger partial charge is 0.390 e. The molecule has 0 bridgehead atoms. The zero-order valence-electron chi connectivity index (χ0n) is 15.4. The van der Waals surface area contributed by atoms with Crippen molar-refractivity contribution >= 4 is 5.91 Å². The molecule has 1 amide bonds. The Bertz CT molecular complexity index is 788. The van der Waals surface area contributed by atoms with Crippen molar-refractivity contribution in [2.45, 2.75) is 71.1 Å². The Morgan fingerprint density at radius 3 is 2.88 bits per heavy atom. The third kappa shape index (κ3) is 2.94. The van der Waals surface area contributed by atoms with E-state index in [1.807, 2.05) is 16.5 Å². The normalized spacial score (nSPS) is 18.2. The summed E-state index contributed by atoms with van der Waals surface area (Å²) >= 11 is 0. The molecular weight excluding hydrogens is 330 g/mol. The number of amides is 1. The number of carbonyl (C=O) groups is 1. The molecule has 3 heterocycles. The highest BCUT2D eigenvalue weighted by Crippen LogP contribution is 2.34. The van der Waals surface area contributed by atoms with Crippen LogP contribution in [0, 0.1) is 0 Å². The molecule has 4 rings (SSSR count). The van der Waals surface area contributed by atoms with E-state index in [1.165, 1.54) is 19.3 Å². The number of nitrogens with zero attached hydrogens (tertiary/aromatic N) is 4. The van der Waals surface area contributed by atoms with Crippen molar-refractivity contribution in [2.24, 2.45) is 0 Å². The van der Waals surface area contributed by atoms with Gasteiger partial charge < -0.3 is 10.0 Å². The van der Waals surface area contributed by atoms with Crippen molar-refractivity contribution in [3.8, 4) is 0 Å². The summed E-state index contributed by atoms with van der Waals surface area (Å²) in [6.07, 6.45) is 8.45. The molecule has 0 spiro atoms. The highest BCUT2D eigenvalue weighted by Gasteiger charge is 2.30. The van der Waals surface area contributed by atoms with Crippen LogP contribution >= 0.6 is 0 Å². The summed E-state index contributed by atoms with van der Waals surface area (Å²) in [4.78, 5) is 15.1. The van der Waals surface area contributed by atoms with Gasteiger partial charge in [-0.1, -0.05) is 19.3 Å². The van der Waals surface area contributed by atoms with E-state index >= 15 is 0 Å². The number of carbonyl (C=O) groups excluding carboxylic acids is 1. The van der Waals surface area contributed by atoms with Crippen LogP contribution in [0.4, 0.5) is 0 Å². The minimum absolute atomic E-state index is 0.0399. The fraction of sp³-hybridized carbons (Fsp3) is 0.632. The monoisotopic (exact) mass is 357 g/mol. The van der Waals surface area contributed by atoms with Gasteiger partial charge in [-0.25, -0.2) is 0 Å². The van der Waals surface area contributed by atoms with Gasteiger partial charge in [0.1, 0.15) is 0 Å². The van der Waals surface area contributed by atoms with Crippen molar-refractivity contribution in [2.75, 3.05) is 6.54 Å². The number of rotatable bonds is 4. The van der Waals surface area contributed by atoms with Crippen LogP contribution in [0.1, 0.15) is 77.9 Å². The van der Waals surface area contributed by atoms with Gasteiger partial charge in [0, 0.05) is 43.2 Å². The lowest BCUT2D eigenvalue weighted by Gasteiger charge is -2.29. The van der Waals surface area contributed by atoms with Crippen LogP contribution < -0.4 is 0 Å². The predicted octanol–water partition coefficient (Wildman–Crippen LogP) is 2.36. The summed E-state index contributed by atoms with van der Waals surface area (Å²) in [6, 6.07) is 0. The van der Waals surface area contributed by atoms with Gasteiger partial charge in [0.05, 0.1) is 29.8 Å². The number of nitrogens with one attached hydrogen (secondary N) is 1. The van der Waals surface area contributed by atoms with Crippen LogP contribution in [0.3, 0.4) is 0 Å². The van der Waals surface area contributed by atoms with E-state index in [0.29, 0.717) is 30.3 Å². The standard InChI is InChI=1S/C19H27N5O2/c1-2-24-17-8-9-23(11-15(17)16(12-25)22-24)19(26)14-10-20-21-18(14)13-6-4-3-5-7-13/h10,13,25H,2-9,11-12H2,1H3,(H,20,21). The molecule has 0 atom stereocenters. The molecular formula is C19H27N5O2. The third-order valence-corrected chi connectivity index (χ3v) is 5.87. The van der Waals surface area contributed by atoms with Gasteiger partial charge in [-0.3, -0.25) is 14.6 Å². The summed E-state index contributed by atoms with van der Waals surface area (Å²) in [5.74, 6) is 0.458. The van der Waals surface area contributed by atoms with Crippen LogP contribution in [0.15, 0.2) is 6.20 Å². The summed E-state index contributed by atoms with van der Waals surface area (Å²) in [7, 11) is 0. The molecule has 2 aliphatic rings. The maximum absolute atomic E-state index is 13.2. The van der Waals surface area contributed by atoms with Gasteiger partial charge in [-0.05, 0) is 19.8 Å². The molecule has 7 nitrogen and oxygen atoms in total. The minimum atomic E-state index is -0.0869. The molecule has 2 aromatic rings. The first-order valence-electron chi connectivity index (χ1n) is 9.73. The first-order valence-corrected chi connectivity index (χ1v) is 9.73. The van der Waals surface area contributed by atoms with Gasteiger partial charge >= 0.3 is 0 Å². The second kappa shape index (κ2) is 7.23. The summed E-state index contributed by atoms with van der Waals surface area (Å²) in [6.45, 7) is 3.94. The molecule has 2 N–H and O–H groups in total. The molecule has 0 radical (unpaired) electrons. The van der Waals surface area contributed by atoms with Crippen molar-refractivity contribution in [3.63, 3.8) is 0 Å². The molecule has 0 saturated heterocycles. The molecule has 2 aromatic heterocycles. The summed E-state index contributed by atoms with van der Waals surface area (Å²) in [5, 5.41) is 21.4. The molecule has 1 aliphatic carbocycles. The van der Waals surface area contributed by atoms with Crippen molar-refractivity contribution in [1.29, 1.82) is 0 Å². The van der Waals surface area contributed by atoms with Gasteiger partial charge in [-0.2, -0.15) is 10.2 Å². The number of aromatic amines is 1. The minimum Gasteiger partial charge on any atom is -0.390 e. The zero-order chi connectivity index (χ0) is 18.1. The number of hydrogen-bond donors (Lipinski definition) is 2. The smallest absolute Gasteiger partial charge is 0.257 e. The van der Waals surface area contributed by atoms with Crippen molar-refractivity contribution < 1.29 is 9.90 Å². The third-order valence-electron chi connectivity index (χ3n) is 5.87. The van der Waals surface area contributed by atoms with Gasteiger partial charge in [0.2, 0.25) is 0 Å². The van der Waals surface area contributed by atoms with Gasteiger partial charge in [0.25, 0.3) is 5.91 Å². The van der Waals surface area contributed by atoms with Gasteiger partial charge in [-0.15, -0.1) is 0 Å². The molecule has 26 heavy (non-hydrogen) atoms. The zero-order valence-corrected chi connectivity index (χ0v) is 15.4. The maximum atomic E-state index is 13.2. The fourth-order valence-corrected chi connectivity index (χ4v) is 4.46. The SMILES string of the molecule is CCn1nc(CO)c2c1CCN(C(=O)c1cn[nH]c1C1CCCCC1)C2. The van der Waals surface area contributed by atoms with Crippen LogP contribution in [0.5, 0.6) is 0 Å². The molecule has 1 aliphatic heterocycles. The topological polar surface area (TPSA) is 87.0 Å². The van der Waals surface area contributed by atoms with Crippen LogP contribution in [-0.4, -0.2) is 42.4 Å². The lowest BCUT2D eigenvalue weighted by atomic mass is 9.85. The van der Waals surface area contributed by atoms with E-state index < -0.39 is 0 Å². The molecule has 0 aromatic carbocycles. The molecule has 140 valence electrons. The number of H-pyrrole nitrogens is 1. The second-order valence-electron chi connectivity index (χ2n) is 7.35.